The molecule has 0 radical (unpaired) electrons. The molecule has 7 aliphatic carbocycles. The van der Waals surface area contributed by atoms with Crippen LogP contribution in [0, 0.1) is 12.8 Å². The third-order valence-corrected chi connectivity index (χ3v) is 24.3. The average Bonchev–Trinajstić information content (AvgIpc) is 1.43. The number of nitrogens with zero attached hydrogens (tertiary/aromatic N) is 3. The molecule has 10 aromatic carbocycles. The number of hydrogen-bond donors (Lipinski definition) is 0. The largest absolute Gasteiger partial charge is 0.218 e. The minimum Gasteiger partial charge on any atom is -0.187 e. The lowest BCUT2D eigenvalue weighted by Gasteiger charge is -2.42. The van der Waals surface area contributed by atoms with Gasteiger partial charge in [0.15, 0.2) is 18.6 Å². The molecule has 10 aliphatic rings. The van der Waals surface area contributed by atoms with Crippen molar-refractivity contribution in [3.05, 3.63) is 355 Å². The van der Waals surface area contributed by atoms with E-state index in [2.05, 4.69) is 337 Å². The first-order valence-corrected chi connectivity index (χ1v) is 33.5. The van der Waals surface area contributed by atoms with Crippen LogP contribution in [0.25, 0.3) is 134 Å². The number of aryl methyl sites for hydroxylation is 1. The zero-order chi connectivity index (χ0) is 61.2. The third-order valence-electron chi connectivity index (χ3n) is 24.3. The third kappa shape index (κ3) is 5.65. The Morgan fingerprint density at radius 2 is 0.777 bits per heavy atom. The number of allylic oxidation sites excluding steroid dienone is 8. The van der Waals surface area contributed by atoms with Crippen molar-refractivity contribution in [2.75, 3.05) is 0 Å². The first kappa shape index (κ1) is 50.3. The van der Waals surface area contributed by atoms with Crippen molar-refractivity contribution in [3.63, 3.8) is 0 Å². The fourth-order valence-corrected chi connectivity index (χ4v) is 20.6. The number of hydrogen-bond acceptors (Lipinski definition) is 0. The molecular formula is C91H58N3+3. The molecule has 2 saturated carbocycles. The molecule has 3 aromatic heterocycles. The molecule has 2 fully saturated rings. The van der Waals surface area contributed by atoms with Crippen molar-refractivity contribution in [2.45, 2.75) is 40.7 Å². The number of aromatic nitrogens is 3. The Kier molecular flexibility index (Phi) is 9.09. The van der Waals surface area contributed by atoms with Crippen LogP contribution in [0.3, 0.4) is 0 Å². The van der Waals surface area contributed by atoms with E-state index < -0.39 is 27.3 Å². The monoisotopic (exact) mass is 1190 g/mol. The van der Waals surface area contributed by atoms with Crippen LogP contribution in [-0.2, 0) is 27.3 Å². The van der Waals surface area contributed by atoms with E-state index in [0.29, 0.717) is 0 Å². The van der Waals surface area contributed by atoms with Gasteiger partial charge in [-0.15, -0.1) is 0 Å². The van der Waals surface area contributed by atoms with E-state index in [1.807, 2.05) is 0 Å². The van der Waals surface area contributed by atoms with Crippen molar-refractivity contribution in [3.8, 4) is 112 Å². The van der Waals surface area contributed by atoms with E-state index in [9.17, 15) is 0 Å². The van der Waals surface area contributed by atoms with Gasteiger partial charge in [-0.2, -0.15) is 13.7 Å². The lowest BCUT2D eigenvalue weighted by molar-refractivity contribution is -0.721. The van der Waals surface area contributed by atoms with Crippen LogP contribution in [0.4, 0.5) is 0 Å². The minimum atomic E-state index is -0.915. The Morgan fingerprint density at radius 1 is 0.330 bits per heavy atom. The highest BCUT2D eigenvalue weighted by molar-refractivity contribution is 6.10. The summed E-state index contributed by atoms with van der Waals surface area (Å²) >= 11 is 0. The van der Waals surface area contributed by atoms with Crippen LogP contribution in [0.15, 0.2) is 316 Å². The minimum absolute atomic E-state index is 0.109. The highest BCUT2D eigenvalue weighted by Crippen LogP contribution is 2.82. The fourth-order valence-electron chi connectivity index (χ4n) is 20.6. The van der Waals surface area contributed by atoms with Gasteiger partial charge in [-0.25, -0.2) is 0 Å². The van der Waals surface area contributed by atoms with Crippen LogP contribution in [0.2, 0.25) is 0 Å². The maximum atomic E-state index is 2.95. The van der Waals surface area contributed by atoms with Crippen molar-refractivity contribution < 1.29 is 13.7 Å². The highest BCUT2D eigenvalue weighted by atomic mass is 15.2. The average molecular weight is 1190 g/mol. The summed E-state index contributed by atoms with van der Waals surface area (Å²) < 4.78 is 8.33. The quantitative estimate of drug-likeness (QED) is 0.156. The molecule has 0 saturated heterocycles. The van der Waals surface area contributed by atoms with Gasteiger partial charge in [0.1, 0.15) is 5.41 Å². The smallest absolute Gasteiger partial charge is 0.187 e. The second kappa shape index (κ2) is 17.0. The zero-order valence-corrected chi connectivity index (χ0v) is 51.6. The Bertz CT molecular complexity index is 5850. The summed E-state index contributed by atoms with van der Waals surface area (Å²) in [5.41, 5.74) is 36.1. The van der Waals surface area contributed by atoms with Crippen LogP contribution in [0.5, 0.6) is 0 Å². The second-order valence-electron chi connectivity index (χ2n) is 28.1. The zero-order valence-electron chi connectivity index (χ0n) is 51.6. The lowest BCUT2D eigenvalue weighted by atomic mass is 9.59. The van der Waals surface area contributed by atoms with Crippen molar-refractivity contribution in [1.82, 2.24) is 0 Å². The lowest BCUT2D eigenvalue weighted by Crippen LogP contribution is -2.57. The summed E-state index contributed by atoms with van der Waals surface area (Å²) in [7, 11) is 0. The molecular weight excluding hydrogens is 1140 g/mol. The number of fused-ring (bicyclic) bond motifs is 18. The van der Waals surface area contributed by atoms with Gasteiger partial charge in [0.05, 0.1) is 33.4 Å². The van der Waals surface area contributed by atoms with Crippen LogP contribution < -0.4 is 13.7 Å². The first-order chi connectivity index (χ1) is 46.4. The van der Waals surface area contributed by atoms with Gasteiger partial charge in [0, 0.05) is 53.5 Å². The summed E-state index contributed by atoms with van der Waals surface area (Å²) in [5, 5.41) is 0. The molecule has 23 rings (SSSR count). The van der Waals surface area contributed by atoms with Gasteiger partial charge < -0.3 is 0 Å². The number of pyridine rings is 3. The molecule has 0 N–H and O–H groups in total. The number of rotatable bonds is 4. The Morgan fingerprint density at radius 3 is 1.35 bits per heavy atom. The van der Waals surface area contributed by atoms with Crippen LogP contribution >= 0.6 is 0 Å². The highest BCUT2D eigenvalue weighted by Gasteiger charge is 2.90. The van der Waals surface area contributed by atoms with Gasteiger partial charge in [0.25, 0.3) is 0 Å². The predicted octanol–water partition coefficient (Wildman–Crippen LogP) is 19.2. The topological polar surface area (TPSA) is 11.6 Å². The molecule has 3 aliphatic heterocycles. The standard InChI is InChI=1S/C91H58N3/c1-55-42-84-73-44-67(57-26-8-3-9-27-57)70-47-77(73)88-51-81(65-37-19-16-34-62(65)70)91-85(49-86(88)92(84)53-75(55)59-30-12-5-13-31-59)89(91)52-80(64-36-18-15-33-61(64)71-48-78(89)74(83-39-21-23-41-94(83)91)45-68(71)58-28-10-4-11-29-58)90-54-87(90)50-79(88)63-35-17-14-32-60(63)69-46-76(87)72(82-38-20-22-40-93(82)90)43-66(69)56-24-6-2-7-25-56/h2-53,85H,54H2,1H3/q+3/b79-50-,80-52-/t85?,87?,88?,89-,90?,91?/m1/s1. The molecule has 13 aromatic rings. The van der Waals surface area contributed by atoms with Gasteiger partial charge in [-0.3, -0.25) is 0 Å². The fraction of sp³-hybridized carbons (Fsp3) is 0.0879. The molecule has 94 heavy (non-hydrogen) atoms. The summed E-state index contributed by atoms with van der Waals surface area (Å²) in [4.78, 5) is 0. The van der Waals surface area contributed by atoms with Crippen molar-refractivity contribution in [1.29, 1.82) is 0 Å². The Labute approximate surface area is 545 Å². The maximum Gasteiger partial charge on any atom is 0.218 e. The van der Waals surface area contributed by atoms with E-state index in [1.54, 1.807) is 0 Å². The van der Waals surface area contributed by atoms with E-state index in [-0.39, 0.29) is 5.92 Å². The van der Waals surface area contributed by atoms with E-state index in [4.69, 9.17) is 0 Å². The van der Waals surface area contributed by atoms with E-state index in [0.717, 1.165) is 6.42 Å². The maximum absolute atomic E-state index is 2.95. The molecule has 0 amide bonds. The molecule has 4 spiro atoms. The molecule has 6 atom stereocenters. The normalized spacial score (nSPS) is 24.8. The van der Waals surface area contributed by atoms with Crippen LogP contribution in [0.1, 0.15) is 45.4 Å². The van der Waals surface area contributed by atoms with Crippen LogP contribution in [-0.4, -0.2) is 0 Å². The molecule has 3 nitrogen and oxygen atoms in total. The van der Waals surface area contributed by atoms with Crippen molar-refractivity contribution in [2.24, 2.45) is 5.92 Å². The van der Waals surface area contributed by atoms with Gasteiger partial charge >= 0.3 is 0 Å². The number of benzene rings is 10. The Balaban J connectivity index is 1.00. The Hall–Kier alpha value is -11.4. The van der Waals surface area contributed by atoms with Gasteiger partial charge in [-0.05, 0) is 184 Å². The van der Waals surface area contributed by atoms with E-state index in [1.165, 1.54) is 173 Å². The second-order valence-corrected chi connectivity index (χ2v) is 28.1. The summed E-state index contributed by atoms with van der Waals surface area (Å²) in [6.07, 6.45) is 20.0. The van der Waals surface area contributed by atoms with Crippen molar-refractivity contribution >= 4 is 22.4 Å². The first-order valence-electron chi connectivity index (χ1n) is 33.5. The SMILES string of the molecule is Cc1cc2[n+](cc1-c1ccccc1)C1=CC3C45C6=CC1(/C1=C\C78CC7(/C7=C\[C@@]34c3cc(c(-c4ccccc4)cc3-c3cccc[n+]35)-c3ccccc37)[n+]3ccccc3-c3cc(-c4ccccc4)c(cc38)-c3ccccc31)c1cc(c(-c3ccccc3)cc1-2)-c1ccccc16. The molecule has 5 unspecified atom stereocenters. The predicted molar refractivity (Wildman–Crippen MR) is 376 cm³/mol. The summed E-state index contributed by atoms with van der Waals surface area (Å²) in [6.45, 7) is 2.33. The molecule has 6 heterocycles. The molecule has 13 bridgehead atoms. The van der Waals surface area contributed by atoms with E-state index >= 15 is 0 Å². The molecule has 434 valence electrons. The molecule has 3 heteroatoms. The summed E-state index contributed by atoms with van der Waals surface area (Å²) in [5.74, 6) is -0.109. The summed E-state index contributed by atoms with van der Waals surface area (Å²) in [6, 6.07) is 106. The van der Waals surface area contributed by atoms with Gasteiger partial charge in [-0.1, -0.05) is 206 Å². The van der Waals surface area contributed by atoms with Gasteiger partial charge in [0.2, 0.25) is 33.9 Å².